The minimum Gasteiger partial charge on any atom is -0.409 e. The van der Waals surface area contributed by atoms with Gasteiger partial charge in [0.25, 0.3) is 0 Å². The second kappa shape index (κ2) is 7.37. The number of amidine groups is 1. The molecule has 0 saturated heterocycles. The van der Waals surface area contributed by atoms with Crippen molar-refractivity contribution in [3.05, 3.63) is 77.1 Å². The topological polar surface area (TPSA) is 92.6 Å². The lowest BCUT2D eigenvalue weighted by atomic mass is 9.76. The maximum absolute atomic E-state index is 12.7. The maximum atomic E-state index is 12.7. The van der Waals surface area contributed by atoms with Crippen molar-refractivity contribution >= 4 is 23.0 Å². The molecule has 6 heteroatoms. The Kier molecular flexibility index (Phi) is 4.86. The van der Waals surface area contributed by atoms with Crippen LogP contribution in [0.4, 0.5) is 11.4 Å². The zero-order chi connectivity index (χ0) is 21.5. The number of para-hydroxylation sites is 1. The quantitative estimate of drug-likeness (QED) is 0.253. The Bertz CT molecular complexity index is 1140. The second-order valence-corrected chi connectivity index (χ2v) is 8.63. The van der Waals surface area contributed by atoms with Crippen molar-refractivity contribution in [2.24, 2.45) is 16.3 Å². The van der Waals surface area contributed by atoms with Crippen LogP contribution in [0.3, 0.4) is 0 Å². The molecule has 154 valence electrons. The summed E-state index contributed by atoms with van der Waals surface area (Å²) in [5, 5.41) is 15.7. The van der Waals surface area contributed by atoms with Crippen molar-refractivity contribution in [3.8, 4) is 5.69 Å². The van der Waals surface area contributed by atoms with Gasteiger partial charge in [0, 0.05) is 40.3 Å². The number of oxime groups is 1. The summed E-state index contributed by atoms with van der Waals surface area (Å²) in [5.74, 6) is 0.224. The highest BCUT2D eigenvalue weighted by Crippen LogP contribution is 2.38. The fraction of sp³-hybridized carbons (Fsp3) is 0.250. The van der Waals surface area contributed by atoms with E-state index in [2.05, 4.69) is 28.9 Å². The molecule has 0 saturated carbocycles. The Hall–Kier alpha value is -3.54. The highest BCUT2D eigenvalue weighted by molar-refractivity contribution is 6.03. The first kappa shape index (κ1) is 19.8. The molecule has 0 radical (unpaired) electrons. The summed E-state index contributed by atoms with van der Waals surface area (Å²) in [6, 6.07) is 17.4. The van der Waals surface area contributed by atoms with Gasteiger partial charge in [-0.15, -0.1) is 0 Å². The van der Waals surface area contributed by atoms with Crippen LogP contribution >= 0.6 is 0 Å². The van der Waals surface area contributed by atoms with Crippen molar-refractivity contribution in [3.63, 3.8) is 0 Å². The van der Waals surface area contributed by atoms with E-state index in [-0.39, 0.29) is 17.0 Å². The number of benzene rings is 2. The van der Waals surface area contributed by atoms with Gasteiger partial charge in [-0.2, -0.15) is 0 Å². The van der Waals surface area contributed by atoms with Crippen molar-refractivity contribution < 1.29 is 10.0 Å². The number of hydrogen-bond donors (Lipinski definition) is 3. The molecule has 2 aromatic carbocycles. The fourth-order valence-electron chi connectivity index (χ4n) is 4.24. The summed E-state index contributed by atoms with van der Waals surface area (Å²) < 4.78 is 2.14. The fourth-order valence-corrected chi connectivity index (χ4v) is 4.24. The van der Waals surface area contributed by atoms with E-state index in [9.17, 15) is 10.0 Å². The number of Topliss-reactive ketones (excluding diaryl/α,β-unsaturated/α-hetero) is 1. The average Bonchev–Trinajstić information content (AvgIpc) is 3.03. The summed E-state index contributed by atoms with van der Waals surface area (Å²) >= 11 is 0. The number of nitrogens with two attached hydrogens (primary N) is 1. The van der Waals surface area contributed by atoms with Gasteiger partial charge in [-0.25, -0.2) is 0 Å². The number of carbonyl (C=O) groups is 1. The molecule has 4 rings (SSSR count). The molecule has 0 bridgehead atoms. The molecule has 0 amide bonds. The molecule has 4 N–H and O–H groups in total. The highest BCUT2D eigenvalue weighted by Gasteiger charge is 2.34. The molecule has 0 unspecified atom stereocenters. The number of aromatic nitrogens is 1. The molecule has 3 aromatic rings. The van der Waals surface area contributed by atoms with Gasteiger partial charge in [0.1, 0.15) is 0 Å². The normalized spacial score (nSPS) is 15.7. The number of rotatable bonds is 4. The largest absolute Gasteiger partial charge is 0.409 e. The molecule has 0 spiro atoms. The van der Waals surface area contributed by atoms with Crippen molar-refractivity contribution in [2.45, 2.75) is 33.6 Å². The molecular formula is C24H26N4O2. The third-order valence-electron chi connectivity index (χ3n) is 5.57. The number of hydrogen-bond acceptors (Lipinski definition) is 4. The predicted octanol–water partition coefficient (Wildman–Crippen LogP) is 4.78. The third-order valence-corrected chi connectivity index (χ3v) is 5.57. The van der Waals surface area contributed by atoms with Crippen LogP contribution in [0.5, 0.6) is 0 Å². The lowest BCUT2D eigenvalue weighted by molar-refractivity contribution is 0.0911. The van der Waals surface area contributed by atoms with E-state index >= 15 is 0 Å². The first-order valence-corrected chi connectivity index (χ1v) is 9.98. The van der Waals surface area contributed by atoms with Gasteiger partial charge in [-0.1, -0.05) is 37.2 Å². The van der Waals surface area contributed by atoms with E-state index in [0.717, 1.165) is 40.4 Å². The van der Waals surface area contributed by atoms with Crippen molar-refractivity contribution in [2.75, 3.05) is 5.32 Å². The predicted molar refractivity (Wildman–Crippen MR) is 119 cm³/mol. The van der Waals surface area contributed by atoms with Gasteiger partial charge < -0.3 is 20.8 Å². The molecule has 1 aliphatic rings. The summed E-state index contributed by atoms with van der Waals surface area (Å²) in [5.41, 5.74) is 11.8. The van der Waals surface area contributed by atoms with Gasteiger partial charge in [0.05, 0.1) is 5.69 Å². The molecule has 0 atom stereocenters. The molecule has 30 heavy (non-hydrogen) atoms. The molecule has 1 heterocycles. The Morgan fingerprint density at radius 3 is 2.57 bits per heavy atom. The highest BCUT2D eigenvalue weighted by atomic mass is 16.4. The van der Waals surface area contributed by atoms with E-state index in [1.807, 2.05) is 61.5 Å². The molecule has 0 aliphatic heterocycles. The molecular weight excluding hydrogens is 376 g/mol. The van der Waals surface area contributed by atoms with Crippen LogP contribution in [-0.2, 0) is 6.42 Å². The number of carbonyl (C=O) groups excluding carboxylic acids is 1. The van der Waals surface area contributed by atoms with Crippen LogP contribution in [0.2, 0.25) is 0 Å². The lowest BCUT2D eigenvalue weighted by Crippen LogP contribution is -2.27. The number of ketones is 1. The van der Waals surface area contributed by atoms with Gasteiger partial charge in [0.15, 0.2) is 11.6 Å². The van der Waals surface area contributed by atoms with Crippen LogP contribution in [0.25, 0.3) is 5.69 Å². The summed E-state index contributed by atoms with van der Waals surface area (Å²) in [6.45, 7) is 6.27. The van der Waals surface area contributed by atoms with Gasteiger partial charge in [-0.05, 0) is 55.2 Å². The Morgan fingerprint density at radius 2 is 1.87 bits per heavy atom. The first-order valence-electron chi connectivity index (χ1n) is 9.98. The Labute approximate surface area is 176 Å². The number of nitrogens with zero attached hydrogens (tertiary/aromatic N) is 2. The van der Waals surface area contributed by atoms with Crippen LogP contribution in [-0.4, -0.2) is 21.4 Å². The van der Waals surface area contributed by atoms with Crippen LogP contribution in [0.15, 0.2) is 59.8 Å². The maximum Gasteiger partial charge on any atom is 0.172 e. The molecule has 1 aliphatic carbocycles. The van der Waals surface area contributed by atoms with E-state index in [0.29, 0.717) is 12.0 Å². The van der Waals surface area contributed by atoms with Crippen molar-refractivity contribution in [1.82, 2.24) is 4.57 Å². The second-order valence-electron chi connectivity index (χ2n) is 8.63. The minimum absolute atomic E-state index is 0.0301. The minimum atomic E-state index is -0.0777. The van der Waals surface area contributed by atoms with E-state index < -0.39 is 0 Å². The van der Waals surface area contributed by atoms with Crippen molar-refractivity contribution in [1.29, 1.82) is 0 Å². The molecule has 6 nitrogen and oxygen atoms in total. The van der Waals surface area contributed by atoms with Gasteiger partial charge in [0.2, 0.25) is 0 Å². The smallest absolute Gasteiger partial charge is 0.172 e. The van der Waals surface area contributed by atoms with Gasteiger partial charge in [-0.3, -0.25) is 4.79 Å². The van der Waals surface area contributed by atoms with Crippen LogP contribution in [0, 0.1) is 12.3 Å². The first-order chi connectivity index (χ1) is 14.3. The van der Waals surface area contributed by atoms with E-state index in [4.69, 9.17) is 5.73 Å². The van der Waals surface area contributed by atoms with Crippen LogP contribution < -0.4 is 11.1 Å². The standard InChI is InChI=1S/C24H26N4O2/c1-15-11-19-21(13-24(2,3)14-22(19)29)28(15)17-9-10-18(23(25)27-30)20(12-17)26-16-7-5-4-6-8-16/h4-12,26,30H,13-14H2,1-3H3,(H2,25,27). The molecule has 0 fully saturated rings. The number of anilines is 2. The molecule has 1 aromatic heterocycles. The summed E-state index contributed by atoms with van der Waals surface area (Å²) in [4.78, 5) is 12.7. The van der Waals surface area contributed by atoms with E-state index in [1.165, 1.54) is 0 Å². The summed E-state index contributed by atoms with van der Waals surface area (Å²) in [7, 11) is 0. The van der Waals surface area contributed by atoms with E-state index in [1.54, 1.807) is 0 Å². The number of nitrogens with one attached hydrogen (secondary N) is 1. The monoisotopic (exact) mass is 402 g/mol. The summed E-state index contributed by atoms with van der Waals surface area (Å²) in [6.07, 6.45) is 1.39. The number of aryl methyl sites for hydroxylation is 1. The SMILES string of the molecule is Cc1cc2c(n1-c1ccc(/C(N)=N/O)c(Nc3ccccc3)c1)CC(C)(C)CC2=O. The zero-order valence-corrected chi connectivity index (χ0v) is 17.4. The zero-order valence-electron chi connectivity index (χ0n) is 17.4. The Balaban J connectivity index is 1.85. The third kappa shape index (κ3) is 3.56. The Morgan fingerprint density at radius 1 is 1.13 bits per heavy atom. The average molecular weight is 402 g/mol. The van der Waals surface area contributed by atoms with Crippen LogP contribution in [0.1, 0.15) is 47.6 Å². The number of fused-ring (bicyclic) bond motifs is 1. The van der Waals surface area contributed by atoms with Gasteiger partial charge >= 0.3 is 0 Å². The lowest BCUT2D eigenvalue weighted by Gasteiger charge is -2.30.